The molecule has 0 spiro atoms. The number of carbonyl (C=O) groups excluding carboxylic acids is 4. The van der Waals surface area contributed by atoms with E-state index in [4.69, 9.17) is 0 Å². The molecule has 1 saturated carbocycles. The van der Waals surface area contributed by atoms with Crippen molar-refractivity contribution in [2.24, 2.45) is 16.7 Å². The van der Waals surface area contributed by atoms with Gasteiger partial charge in [-0.05, 0) is 56.8 Å². The van der Waals surface area contributed by atoms with Crippen molar-refractivity contribution in [2.45, 2.75) is 103 Å². The molecule has 1 aliphatic heterocycles. The van der Waals surface area contributed by atoms with Crippen LogP contribution in [0.15, 0.2) is 0 Å². The maximum Gasteiger partial charge on any atom is 0.471 e. The Morgan fingerprint density at radius 1 is 1.08 bits per heavy atom. The minimum atomic E-state index is -5.18. The van der Waals surface area contributed by atoms with Crippen molar-refractivity contribution in [2.75, 3.05) is 0 Å². The summed E-state index contributed by atoms with van der Waals surface area (Å²) in [6.07, 6.45) is -2.78. The zero-order chi connectivity index (χ0) is 27.7. The van der Waals surface area contributed by atoms with Crippen molar-refractivity contribution in [3.63, 3.8) is 0 Å². The largest absolute Gasteiger partial charge is 0.471 e. The molecule has 2 aliphatic rings. The van der Waals surface area contributed by atoms with Gasteiger partial charge in [0.2, 0.25) is 17.7 Å². The molecular weight excluding hydrogens is 479 g/mol. The molecule has 2 rings (SSSR count). The van der Waals surface area contributed by atoms with E-state index in [1.807, 2.05) is 26.8 Å². The van der Waals surface area contributed by atoms with Crippen molar-refractivity contribution < 1.29 is 32.3 Å². The summed E-state index contributed by atoms with van der Waals surface area (Å²) in [6.45, 7) is 10.1. The third-order valence-corrected chi connectivity index (χ3v) is 6.68. The lowest BCUT2D eigenvalue weighted by molar-refractivity contribution is -0.175. The molecule has 0 aromatic carbocycles. The second kappa shape index (κ2) is 10.3. The molecule has 36 heavy (non-hydrogen) atoms. The number of hydrogen-bond acceptors (Lipinski definition) is 5. The Hall–Kier alpha value is -2.84. The highest BCUT2D eigenvalue weighted by Gasteiger charge is 2.46. The minimum absolute atomic E-state index is 0.0850. The van der Waals surface area contributed by atoms with E-state index in [1.54, 1.807) is 5.32 Å². The van der Waals surface area contributed by atoms with Crippen LogP contribution in [0.5, 0.6) is 0 Å². The first kappa shape index (κ1) is 29.4. The van der Waals surface area contributed by atoms with Crippen LogP contribution in [-0.2, 0) is 19.2 Å². The average Bonchev–Trinajstić information content (AvgIpc) is 3.37. The number of nitrogens with zero attached hydrogens (tertiary/aromatic N) is 1. The first-order chi connectivity index (χ1) is 16.3. The highest BCUT2D eigenvalue weighted by molar-refractivity contribution is 5.93. The molecule has 0 radical (unpaired) electrons. The lowest BCUT2D eigenvalue weighted by Crippen LogP contribution is -2.60. The van der Waals surface area contributed by atoms with E-state index in [-0.39, 0.29) is 24.2 Å². The van der Waals surface area contributed by atoms with Crippen molar-refractivity contribution in [3.05, 3.63) is 0 Å². The minimum Gasteiger partial charge on any atom is -0.351 e. The quantitative estimate of drug-likeness (QED) is 0.372. The van der Waals surface area contributed by atoms with Crippen LogP contribution in [0.25, 0.3) is 0 Å². The second-order valence-corrected chi connectivity index (χ2v) is 12.0. The van der Waals surface area contributed by atoms with Crippen LogP contribution < -0.4 is 21.3 Å². The Balaban J connectivity index is 2.16. The van der Waals surface area contributed by atoms with Crippen LogP contribution in [0.3, 0.4) is 0 Å². The van der Waals surface area contributed by atoms with E-state index >= 15 is 0 Å². The van der Waals surface area contributed by atoms with Crippen LogP contribution in [-0.4, -0.2) is 53.5 Å². The van der Waals surface area contributed by atoms with Gasteiger partial charge in [0, 0.05) is 11.5 Å². The zero-order valence-corrected chi connectivity index (χ0v) is 21.6. The molecule has 4 N–H and O–H groups in total. The number of nitrogens with one attached hydrogen (secondary N) is 4. The summed E-state index contributed by atoms with van der Waals surface area (Å²) >= 11 is 0. The number of hydrogen-bond donors (Lipinski definition) is 4. The van der Waals surface area contributed by atoms with E-state index in [0.29, 0.717) is 6.42 Å². The first-order valence-corrected chi connectivity index (χ1v) is 12.0. The third-order valence-electron chi connectivity index (χ3n) is 6.68. The standard InChI is InChI=1S/C24H36F3N5O4/c1-21(2,3)16(31-20(36)24(25,26)27)19(35)30-15(11-23(6)7-8-23)18(34)29-14(12-28)9-13-10-22(4,5)32-17(13)33/h13-16H,7-11H2,1-6H3,(H,29,34)(H,30,35)(H,31,36)(H,32,33). The molecule has 1 aliphatic carbocycles. The fourth-order valence-corrected chi connectivity index (χ4v) is 4.35. The smallest absolute Gasteiger partial charge is 0.351 e. The Morgan fingerprint density at radius 3 is 2.08 bits per heavy atom. The summed E-state index contributed by atoms with van der Waals surface area (Å²) in [4.78, 5) is 49.9. The van der Waals surface area contributed by atoms with E-state index in [0.717, 1.165) is 12.8 Å². The molecule has 1 saturated heterocycles. The van der Waals surface area contributed by atoms with Crippen molar-refractivity contribution >= 4 is 23.6 Å². The topological polar surface area (TPSA) is 140 Å². The van der Waals surface area contributed by atoms with Gasteiger partial charge in [-0.1, -0.05) is 27.7 Å². The monoisotopic (exact) mass is 515 g/mol. The Kier molecular flexibility index (Phi) is 8.38. The number of amides is 4. The number of halogens is 3. The van der Waals surface area contributed by atoms with Gasteiger partial charge >= 0.3 is 12.1 Å². The van der Waals surface area contributed by atoms with Crippen molar-refractivity contribution in [1.29, 1.82) is 5.26 Å². The van der Waals surface area contributed by atoms with E-state index in [2.05, 4.69) is 16.0 Å². The maximum atomic E-state index is 13.1. The molecule has 4 atom stereocenters. The van der Waals surface area contributed by atoms with Gasteiger partial charge in [-0.25, -0.2) is 0 Å². The first-order valence-electron chi connectivity index (χ1n) is 12.0. The van der Waals surface area contributed by atoms with E-state index < -0.39 is 58.9 Å². The lowest BCUT2D eigenvalue weighted by Gasteiger charge is -2.32. The summed E-state index contributed by atoms with van der Waals surface area (Å²) < 4.78 is 38.5. The molecule has 9 nitrogen and oxygen atoms in total. The van der Waals surface area contributed by atoms with Gasteiger partial charge < -0.3 is 21.3 Å². The highest BCUT2D eigenvalue weighted by atomic mass is 19.4. The van der Waals surface area contributed by atoms with Gasteiger partial charge in [-0.3, -0.25) is 19.2 Å². The Bertz CT molecular complexity index is 932. The van der Waals surface area contributed by atoms with Crippen LogP contribution in [0.4, 0.5) is 13.2 Å². The lowest BCUT2D eigenvalue weighted by atomic mass is 9.85. The summed E-state index contributed by atoms with van der Waals surface area (Å²) in [7, 11) is 0. The van der Waals surface area contributed by atoms with Crippen LogP contribution in [0, 0.1) is 28.1 Å². The molecule has 0 bridgehead atoms. The summed E-state index contributed by atoms with van der Waals surface area (Å²) in [5, 5.41) is 19.2. The molecule has 4 amide bonds. The molecule has 202 valence electrons. The predicted molar refractivity (Wildman–Crippen MR) is 124 cm³/mol. The molecule has 0 aromatic heterocycles. The van der Waals surface area contributed by atoms with Crippen LogP contribution in [0.2, 0.25) is 0 Å². The number of alkyl halides is 3. The third kappa shape index (κ3) is 8.10. The highest BCUT2D eigenvalue weighted by Crippen LogP contribution is 2.49. The fourth-order valence-electron chi connectivity index (χ4n) is 4.35. The summed E-state index contributed by atoms with van der Waals surface area (Å²) in [5.74, 6) is -4.54. The molecule has 2 fully saturated rings. The molecular formula is C24H36F3N5O4. The Morgan fingerprint density at radius 2 is 1.67 bits per heavy atom. The molecule has 1 heterocycles. The maximum absolute atomic E-state index is 13.1. The average molecular weight is 516 g/mol. The number of nitriles is 1. The molecule has 4 unspecified atom stereocenters. The van der Waals surface area contributed by atoms with Crippen molar-refractivity contribution in [3.8, 4) is 6.07 Å². The van der Waals surface area contributed by atoms with Crippen LogP contribution in [0.1, 0.15) is 73.6 Å². The Labute approximate surface area is 209 Å². The van der Waals surface area contributed by atoms with Gasteiger partial charge in [0.15, 0.2) is 0 Å². The molecule has 12 heteroatoms. The molecule has 0 aromatic rings. The van der Waals surface area contributed by atoms with Crippen molar-refractivity contribution in [1.82, 2.24) is 21.3 Å². The normalized spacial score (nSPS) is 22.9. The van der Waals surface area contributed by atoms with Gasteiger partial charge in [0.25, 0.3) is 0 Å². The SMILES string of the molecule is CC1(CC(NC(=O)C(NC(=O)C(F)(F)F)C(C)(C)C)C(=O)NC(C#N)CC2CC(C)(C)NC2=O)CC1. The van der Waals surface area contributed by atoms with Gasteiger partial charge in [-0.2, -0.15) is 18.4 Å². The number of rotatable bonds is 9. The number of carbonyl (C=O) groups is 4. The second-order valence-electron chi connectivity index (χ2n) is 12.0. The van der Waals surface area contributed by atoms with Crippen LogP contribution >= 0.6 is 0 Å². The van der Waals surface area contributed by atoms with E-state index in [1.165, 1.54) is 20.8 Å². The van der Waals surface area contributed by atoms with Gasteiger partial charge in [-0.15, -0.1) is 0 Å². The van der Waals surface area contributed by atoms with E-state index in [9.17, 15) is 37.6 Å². The van der Waals surface area contributed by atoms with Gasteiger partial charge in [0.1, 0.15) is 18.1 Å². The summed E-state index contributed by atoms with van der Waals surface area (Å²) in [5.41, 5.74) is -1.75. The zero-order valence-electron chi connectivity index (χ0n) is 21.6. The summed E-state index contributed by atoms with van der Waals surface area (Å²) in [6, 6.07) is -1.73. The fraction of sp³-hybridized carbons (Fsp3) is 0.792. The van der Waals surface area contributed by atoms with Gasteiger partial charge in [0.05, 0.1) is 6.07 Å². The predicted octanol–water partition coefficient (Wildman–Crippen LogP) is 2.07.